The number of hydrogen-bond donors (Lipinski definition) is 0. The Balaban J connectivity index is 2.64. The van der Waals surface area contributed by atoms with Crippen molar-refractivity contribution in [2.24, 2.45) is 0 Å². The maximum Gasteiger partial charge on any atom is 0.239 e. The Morgan fingerprint density at radius 1 is 1.47 bits per heavy atom. The van der Waals surface area contributed by atoms with Crippen molar-refractivity contribution >= 4 is 11.7 Å². The zero-order valence-corrected chi connectivity index (χ0v) is 9.99. The Morgan fingerprint density at radius 2 is 2.07 bits per heavy atom. The highest BCUT2D eigenvalue weighted by molar-refractivity contribution is 5.84. The van der Waals surface area contributed by atoms with Crippen LogP contribution in [0.4, 0.5) is 0 Å². The van der Waals surface area contributed by atoms with E-state index in [1.165, 1.54) is 0 Å². The summed E-state index contributed by atoms with van der Waals surface area (Å²) in [6.07, 6.45) is 0. The predicted molar refractivity (Wildman–Crippen MR) is 58.6 cm³/mol. The normalized spacial score (nSPS) is 23.7. The van der Waals surface area contributed by atoms with Crippen molar-refractivity contribution < 1.29 is 9.59 Å². The quantitative estimate of drug-likeness (QED) is 0.684. The second-order valence-corrected chi connectivity index (χ2v) is 4.47. The van der Waals surface area contributed by atoms with Gasteiger partial charge in [-0.25, -0.2) is 0 Å². The molecule has 0 aliphatic carbocycles. The van der Waals surface area contributed by atoms with Crippen LogP contribution in [0.2, 0.25) is 0 Å². The van der Waals surface area contributed by atoms with Gasteiger partial charge in [-0.05, 0) is 27.7 Å². The first kappa shape index (κ1) is 12.2. The van der Waals surface area contributed by atoms with E-state index in [2.05, 4.69) is 0 Å². The second kappa shape index (κ2) is 4.75. The van der Waals surface area contributed by atoms with Crippen LogP contribution in [0.25, 0.3) is 0 Å². The van der Waals surface area contributed by atoms with E-state index in [4.69, 9.17) is 0 Å². The monoisotopic (exact) mass is 212 g/mol. The number of ketones is 1. The first-order valence-electron chi connectivity index (χ1n) is 5.47. The molecule has 0 aromatic heterocycles. The standard InChI is InChI=1S/C11H20N2O2/c1-8(2)13-6-5-12(7-9(3)14)10(4)11(13)15/h8,10H,5-7H2,1-4H3. The molecule has 1 amide bonds. The number of Topliss-reactive ketones (excluding diaryl/α,β-unsaturated/α-hetero) is 1. The summed E-state index contributed by atoms with van der Waals surface area (Å²) < 4.78 is 0. The number of rotatable bonds is 3. The van der Waals surface area contributed by atoms with E-state index in [0.29, 0.717) is 6.54 Å². The van der Waals surface area contributed by atoms with Gasteiger partial charge in [0.2, 0.25) is 5.91 Å². The van der Waals surface area contributed by atoms with Gasteiger partial charge in [0.1, 0.15) is 5.78 Å². The molecule has 1 fully saturated rings. The molecular weight excluding hydrogens is 192 g/mol. The zero-order valence-electron chi connectivity index (χ0n) is 9.99. The lowest BCUT2D eigenvalue weighted by molar-refractivity contribution is -0.143. The lowest BCUT2D eigenvalue weighted by atomic mass is 10.1. The topological polar surface area (TPSA) is 40.6 Å². The largest absolute Gasteiger partial charge is 0.338 e. The molecule has 1 heterocycles. The Kier molecular flexibility index (Phi) is 3.85. The fraction of sp³-hybridized carbons (Fsp3) is 0.818. The highest BCUT2D eigenvalue weighted by atomic mass is 16.2. The van der Waals surface area contributed by atoms with Crippen molar-refractivity contribution in [2.75, 3.05) is 19.6 Å². The lowest BCUT2D eigenvalue weighted by Gasteiger charge is -2.40. The van der Waals surface area contributed by atoms with Gasteiger partial charge < -0.3 is 4.90 Å². The molecule has 1 saturated heterocycles. The summed E-state index contributed by atoms with van der Waals surface area (Å²) in [5, 5.41) is 0. The minimum Gasteiger partial charge on any atom is -0.338 e. The zero-order chi connectivity index (χ0) is 11.6. The van der Waals surface area contributed by atoms with Gasteiger partial charge in [-0.1, -0.05) is 0 Å². The van der Waals surface area contributed by atoms with Crippen molar-refractivity contribution in [3.63, 3.8) is 0 Å². The van der Waals surface area contributed by atoms with Crippen LogP contribution in [0.5, 0.6) is 0 Å². The van der Waals surface area contributed by atoms with Crippen molar-refractivity contribution in [3.05, 3.63) is 0 Å². The number of hydrogen-bond acceptors (Lipinski definition) is 3. The van der Waals surface area contributed by atoms with Crippen LogP contribution in [-0.4, -0.2) is 53.2 Å². The van der Waals surface area contributed by atoms with Crippen LogP contribution in [-0.2, 0) is 9.59 Å². The summed E-state index contributed by atoms with van der Waals surface area (Å²) in [7, 11) is 0. The maximum atomic E-state index is 11.9. The molecule has 4 heteroatoms. The van der Waals surface area contributed by atoms with Gasteiger partial charge in [0, 0.05) is 19.1 Å². The fourth-order valence-corrected chi connectivity index (χ4v) is 1.95. The van der Waals surface area contributed by atoms with E-state index in [1.54, 1.807) is 6.92 Å². The van der Waals surface area contributed by atoms with Crippen molar-refractivity contribution in [1.29, 1.82) is 0 Å². The number of amides is 1. The average Bonchev–Trinajstić information content (AvgIpc) is 2.12. The predicted octanol–water partition coefficient (Wildman–Crippen LogP) is 0.516. The highest BCUT2D eigenvalue weighted by Gasteiger charge is 2.32. The molecule has 0 N–H and O–H groups in total. The summed E-state index contributed by atoms with van der Waals surface area (Å²) >= 11 is 0. The summed E-state index contributed by atoms with van der Waals surface area (Å²) in [5.74, 6) is 0.255. The molecule has 86 valence electrons. The van der Waals surface area contributed by atoms with Gasteiger partial charge in [0.25, 0.3) is 0 Å². The molecule has 1 aliphatic heterocycles. The van der Waals surface area contributed by atoms with E-state index in [-0.39, 0.29) is 23.8 Å². The van der Waals surface area contributed by atoms with Crippen molar-refractivity contribution in [1.82, 2.24) is 9.80 Å². The molecule has 1 atom stereocenters. The molecule has 15 heavy (non-hydrogen) atoms. The molecule has 1 unspecified atom stereocenters. The Morgan fingerprint density at radius 3 is 2.53 bits per heavy atom. The first-order chi connectivity index (χ1) is 6.93. The third kappa shape index (κ3) is 2.78. The van der Waals surface area contributed by atoms with E-state index in [9.17, 15) is 9.59 Å². The molecule has 4 nitrogen and oxygen atoms in total. The van der Waals surface area contributed by atoms with Crippen LogP contribution in [0.3, 0.4) is 0 Å². The molecule has 0 bridgehead atoms. The van der Waals surface area contributed by atoms with Crippen LogP contribution in [0.1, 0.15) is 27.7 Å². The molecule has 0 saturated carbocycles. The van der Waals surface area contributed by atoms with Crippen LogP contribution < -0.4 is 0 Å². The summed E-state index contributed by atoms with van der Waals surface area (Å²) in [6, 6.07) is 0.0875. The second-order valence-electron chi connectivity index (χ2n) is 4.47. The van der Waals surface area contributed by atoms with Crippen molar-refractivity contribution in [3.8, 4) is 0 Å². The van der Waals surface area contributed by atoms with Gasteiger partial charge in [0.15, 0.2) is 0 Å². The Hall–Kier alpha value is -0.900. The number of carbonyl (C=O) groups excluding carboxylic acids is 2. The summed E-state index contributed by atoms with van der Waals surface area (Å²) in [5.41, 5.74) is 0. The number of carbonyl (C=O) groups is 2. The maximum absolute atomic E-state index is 11.9. The minimum atomic E-state index is -0.162. The van der Waals surface area contributed by atoms with Gasteiger partial charge >= 0.3 is 0 Å². The van der Waals surface area contributed by atoms with Crippen LogP contribution in [0, 0.1) is 0 Å². The molecule has 1 rings (SSSR count). The smallest absolute Gasteiger partial charge is 0.239 e. The van der Waals surface area contributed by atoms with E-state index < -0.39 is 0 Å². The van der Waals surface area contributed by atoms with E-state index in [0.717, 1.165) is 13.1 Å². The Bertz CT molecular complexity index is 263. The number of nitrogens with zero attached hydrogens (tertiary/aromatic N) is 2. The molecule has 0 spiro atoms. The third-order valence-corrected chi connectivity index (χ3v) is 2.87. The van der Waals surface area contributed by atoms with Crippen molar-refractivity contribution in [2.45, 2.75) is 39.8 Å². The molecule has 1 aliphatic rings. The first-order valence-corrected chi connectivity index (χ1v) is 5.47. The number of piperazine rings is 1. The average molecular weight is 212 g/mol. The molecule has 0 radical (unpaired) electrons. The minimum absolute atomic E-state index is 0.118. The highest BCUT2D eigenvalue weighted by Crippen LogP contribution is 2.13. The summed E-state index contributed by atoms with van der Waals surface area (Å²) in [6.45, 7) is 9.39. The fourth-order valence-electron chi connectivity index (χ4n) is 1.95. The SMILES string of the molecule is CC(=O)CN1CCN(C(C)C)C(=O)C1C. The lowest BCUT2D eigenvalue weighted by Crippen LogP contribution is -2.58. The van der Waals surface area contributed by atoms with Gasteiger partial charge in [-0.3, -0.25) is 14.5 Å². The Labute approximate surface area is 91.2 Å². The van der Waals surface area contributed by atoms with E-state index in [1.807, 2.05) is 30.6 Å². The molecular formula is C11H20N2O2. The van der Waals surface area contributed by atoms with Gasteiger partial charge in [0.05, 0.1) is 12.6 Å². The molecule has 0 aromatic carbocycles. The van der Waals surface area contributed by atoms with E-state index >= 15 is 0 Å². The van der Waals surface area contributed by atoms with Gasteiger partial charge in [-0.2, -0.15) is 0 Å². The molecule has 0 aromatic rings. The van der Waals surface area contributed by atoms with Crippen LogP contribution >= 0.6 is 0 Å². The third-order valence-electron chi connectivity index (χ3n) is 2.87. The summed E-state index contributed by atoms with van der Waals surface area (Å²) in [4.78, 5) is 26.8. The van der Waals surface area contributed by atoms with Gasteiger partial charge in [-0.15, -0.1) is 0 Å². The van der Waals surface area contributed by atoms with Crippen LogP contribution in [0.15, 0.2) is 0 Å².